The molecule has 0 fully saturated rings. The minimum Gasteiger partial charge on any atom is -0.361 e. The maximum Gasteiger partial charge on any atom is 0.138 e. The van der Waals surface area contributed by atoms with Crippen LogP contribution in [0.4, 0.5) is 0 Å². The van der Waals surface area contributed by atoms with Crippen LogP contribution in [0.5, 0.6) is 0 Å². The fraction of sp³-hybridized carbons (Fsp3) is 0.375. The van der Waals surface area contributed by atoms with Gasteiger partial charge in [-0.15, -0.1) is 0 Å². The van der Waals surface area contributed by atoms with Gasteiger partial charge in [-0.25, -0.2) is 4.98 Å². The second kappa shape index (κ2) is 5.69. The van der Waals surface area contributed by atoms with E-state index >= 15 is 0 Å². The Morgan fingerprint density at radius 2 is 2.14 bits per heavy atom. The van der Waals surface area contributed by atoms with Crippen LogP contribution in [0.1, 0.15) is 17.0 Å². The summed E-state index contributed by atoms with van der Waals surface area (Å²) >= 11 is 0. The average molecular weight is 283 g/mol. The molecular formula is C16H21N5. The van der Waals surface area contributed by atoms with Crippen molar-refractivity contribution < 1.29 is 0 Å². The summed E-state index contributed by atoms with van der Waals surface area (Å²) in [5.74, 6) is 0.986. The highest BCUT2D eigenvalue weighted by molar-refractivity contribution is 5.84. The number of H-pyrrole nitrogens is 1. The molecule has 21 heavy (non-hydrogen) atoms. The van der Waals surface area contributed by atoms with Gasteiger partial charge in [0, 0.05) is 37.1 Å². The summed E-state index contributed by atoms with van der Waals surface area (Å²) in [6.45, 7) is 1.06. The summed E-state index contributed by atoms with van der Waals surface area (Å²) < 4.78 is 1.83. The number of fused-ring (bicyclic) bond motifs is 1. The molecule has 0 saturated carbocycles. The van der Waals surface area contributed by atoms with Gasteiger partial charge in [-0.2, -0.15) is 5.10 Å². The molecule has 0 aliphatic heterocycles. The maximum atomic E-state index is 4.30. The van der Waals surface area contributed by atoms with Crippen molar-refractivity contribution in [2.45, 2.75) is 12.8 Å². The molecule has 0 spiro atoms. The van der Waals surface area contributed by atoms with Crippen molar-refractivity contribution in [2.24, 2.45) is 7.05 Å². The molecule has 3 aromatic rings. The Labute approximate surface area is 124 Å². The zero-order valence-corrected chi connectivity index (χ0v) is 12.8. The Morgan fingerprint density at radius 1 is 1.29 bits per heavy atom. The fourth-order valence-corrected chi connectivity index (χ4v) is 2.55. The number of nitrogens with zero attached hydrogens (tertiary/aromatic N) is 4. The van der Waals surface area contributed by atoms with Crippen LogP contribution in [-0.2, 0) is 19.9 Å². The molecule has 0 aliphatic rings. The van der Waals surface area contributed by atoms with E-state index in [0.717, 1.165) is 25.2 Å². The molecule has 0 saturated heterocycles. The number of nitrogens with one attached hydrogen (secondary N) is 1. The Kier molecular flexibility index (Phi) is 3.75. The third kappa shape index (κ3) is 2.97. The number of aromatic nitrogens is 4. The predicted molar refractivity (Wildman–Crippen MR) is 84.4 cm³/mol. The first-order valence-corrected chi connectivity index (χ1v) is 7.20. The van der Waals surface area contributed by atoms with Gasteiger partial charge in [-0.05, 0) is 43.8 Å². The van der Waals surface area contributed by atoms with Crippen molar-refractivity contribution >= 4 is 10.9 Å². The number of rotatable bonds is 5. The van der Waals surface area contributed by atoms with Crippen molar-refractivity contribution in [1.29, 1.82) is 0 Å². The van der Waals surface area contributed by atoms with Gasteiger partial charge in [-0.1, -0.05) is 6.07 Å². The molecule has 0 atom stereocenters. The van der Waals surface area contributed by atoms with E-state index in [-0.39, 0.29) is 0 Å². The van der Waals surface area contributed by atoms with Gasteiger partial charge in [-0.3, -0.25) is 4.68 Å². The summed E-state index contributed by atoms with van der Waals surface area (Å²) in [7, 11) is 6.14. The largest absolute Gasteiger partial charge is 0.361 e. The van der Waals surface area contributed by atoms with E-state index in [0.29, 0.717) is 0 Å². The van der Waals surface area contributed by atoms with E-state index in [1.165, 1.54) is 22.0 Å². The Hall–Kier alpha value is -2.14. The number of likely N-dealkylation sites (N-methyl/N-ethyl adjacent to an activating group) is 1. The summed E-state index contributed by atoms with van der Waals surface area (Å²) in [6, 6.07) is 6.58. The Morgan fingerprint density at radius 3 is 2.86 bits per heavy atom. The number of hydrogen-bond acceptors (Lipinski definition) is 3. The van der Waals surface area contributed by atoms with Crippen LogP contribution in [-0.4, -0.2) is 45.3 Å². The monoisotopic (exact) mass is 283 g/mol. The van der Waals surface area contributed by atoms with Gasteiger partial charge in [0.1, 0.15) is 12.2 Å². The average Bonchev–Trinajstić information content (AvgIpc) is 3.03. The van der Waals surface area contributed by atoms with Crippen molar-refractivity contribution in [3.05, 3.63) is 47.7 Å². The van der Waals surface area contributed by atoms with Crippen LogP contribution in [0, 0.1) is 0 Å². The van der Waals surface area contributed by atoms with Gasteiger partial charge in [0.2, 0.25) is 0 Å². The fourth-order valence-electron chi connectivity index (χ4n) is 2.55. The lowest BCUT2D eigenvalue weighted by Crippen LogP contribution is -2.14. The van der Waals surface area contributed by atoms with Gasteiger partial charge in [0.05, 0.1) is 0 Å². The first-order chi connectivity index (χ1) is 10.1. The maximum absolute atomic E-state index is 4.30. The van der Waals surface area contributed by atoms with E-state index in [9.17, 15) is 0 Å². The lowest BCUT2D eigenvalue weighted by molar-refractivity contribution is 0.414. The highest BCUT2D eigenvalue weighted by Gasteiger charge is 2.07. The molecule has 3 rings (SSSR count). The molecule has 1 aromatic carbocycles. The second-order valence-electron chi connectivity index (χ2n) is 5.72. The first kappa shape index (κ1) is 13.8. The van der Waals surface area contributed by atoms with Crippen LogP contribution >= 0.6 is 0 Å². The number of aryl methyl sites for hydroxylation is 1. The number of benzene rings is 1. The summed E-state index contributed by atoms with van der Waals surface area (Å²) in [5, 5.41) is 5.44. The zero-order chi connectivity index (χ0) is 14.8. The molecule has 0 aliphatic carbocycles. The standard InChI is InChI=1S/C16H21N5/c1-20(2)7-6-13-10-17-15-5-4-12(8-14(13)15)9-16-18-11-19-21(16)3/h4-5,8,10-11,17H,6-7,9H2,1-3H3. The molecule has 2 heterocycles. The van der Waals surface area contributed by atoms with E-state index < -0.39 is 0 Å². The summed E-state index contributed by atoms with van der Waals surface area (Å²) in [5.41, 5.74) is 3.84. The normalized spacial score (nSPS) is 11.6. The third-order valence-corrected chi connectivity index (χ3v) is 3.83. The highest BCUT2D eigenvalue weighted by Crippen LogP contribution is 2.21. The van der Waals surface area contributed by atoms with E-state index in [2.05, 4.69) is 58.5 Å². The summed E-state index contributed by atoms with van der Waals surface area (Å²) in [6.07, 6.45) is 5.60. The molecular weight excluding hydrogens is 262 g/mol. The van der Waals surface area contributed by atoms with E-state index in [1.807, 2.05) is 11.7 Å². The lowest BCUT2D eigenvalue weighted by Gasteiger charge is -2.08. The topological polar surface area (TPSA) is 49.7 Å². The lowest BCUT2D eigenvalue weighted by atomic mass is 10.1. The van der Waals surface area contributed by atoms with E-state index in [4.69, 9.17) is 0 Å². The molecule has 2 aromatic heterocycles. The smallest absolute Gasteiger partial charge is 0.138 e. The van der Waals surface area contributed by atoms with Gasteiger partial charge < -0.3 is 9.88 Å². The van der Waals surface area contributed by atoms with Gasteiger partial charge in [0.25, 0.3) is 0 Å². The molecule has 0 unspecified atom stereocenters. The van der Waals surface area contributed by atoms with Crippen LogP contribution in [0.25, 0.3) is 10.9 Å². The zero-order valence-electron chi connectivity index (χ0n) is 12.8. The van der Waals surface area contributed by atoms with Gasteiger partial charge >= 0.3 is 0 Å². The second-order valence-corrected chi connectivity index (χ2v) is 5.72. The Bertz CT molecular complexity index is 738. The quantitative estimate of drug-likeness (QED) is 0.779. The van der Waals surface area contributed by atoms with Crippen molar-refractivity contribution in [2.75, 3.05) is 20.6 Å². The van der Waals surface area contributed by atoms with Crippen LogP contribution in [0.3, 0.4) is 0 Å². The van der Waals surface area contributed by atoms with Crippen LogP contribution in [0.2, 0.25) is 0 Å². The molecule has 0 radical (unpaired) electrons. The SMILES string of the molecule is CN(C)CCc1c[nH]c2ccc(Cc3ncnn3C)cc12. The molecule has 1 N–H and O–H groups in total. The Balaban J connectivity index is 1.87. The number of hydrogen-bond donors (Lipinski definition) is 1. The molecule has 5 nitrogen and oxygen atoms in total. The first-order valence-electron chi connectivity index (χ1n) is 7.20. The van der Waals surface area contributed by atoms with Crippen molar-refractivity contribution in [3.8, 4) is 0 Å². The number of aromatic amines is 1. The van der Waals surface area contributed by atoms with E-state index in [1.54, 1.807) is 6.33 Å². The molecule has 5 heteroatoms. The third-order valence-electron chi connectivity index (χ3n) is 3.83. The van der Waals surface area contributed by atoms with Crippen molar-refractivity contribution in [3.63, 3.8) is 0 Å². The molecule has 0 bridgehead atoms. The van der Waals surface area contributed by atoms with Crippen molar-refractivity contribution in [1.82, 2.24) is 24.6 Å². The summed E-state index contributed by atoms with van der Waals surface area (Å²) in [4.78, 5) is 9.87. The minimum atomic E-state index is 0.810. The highest BCUT2D eigenvalue weighted by atomic mass is 15.3. The van der Waals surface area contributed by atoms with Crippen LogP contribution in [0.15, 0.2) is 30.7 Å². The molecule has 110 valence electrons. The minimum absolute atomic E-state index is 0.810. The van der Waals surface area contributed by atoms with Gasteiger partial charge in [0.15, 0.2) is 0 Å². The van der Waals surface area contributed by atoms with Crippen LogP contribution < -0.4 is 0 Å². The molecule has 0 amide bonds. The predicted octanol–water partition coefficient (Wildman–Crippen LogP) is 1.99.